The van der Waals surface area contributed by atoms with E-state index in [4.69, 9.17) is 5.26 Å². The molecule has 0 unspecified atom stereocenters. The van der Waals surface area contributed by atoms with E-state index in [1.54, 1.807) is 12.1 Å². The van der Waals surface area contributed by atoms with E-state index < -0.39 is 10.0 Å². The van der Waals surface area contributed by atoms with Gasteiger partial charge in [0.2, 0.25) is 0 Å². The topological polar surface area (TPSA) is 70.0 Å². The Balaban J connectivity index is 2.27. The number of benzene rings is 1. The largest absolute Gasteiger partial charge is 0.279 e. The molecule has 0 atom stereocenters. The van der Waals surface area contributed by atoms with E-state index in [0.717, 1.165) is 16.9 Å². The summed E-state index contributed by atoms with van der Waals surface area (Å²) < 4.78 is 26.6. The standard InChI is InChI=1S/C12H10N2O2S2/c1-9-2-4-10(5-3-9)14-18(15,16)12-7-6-11(8-13)17-12/h2-7,14H,1H3. The molecule has 2 rings (SSSR count). The number of rotatable bonds is 3. The molecule has 0 aliphatic heterocycles. The Morgan fingerprint density at radius 2 is 1.83 bits per heavy atom. The summed E-state index contributed by atoms with van der Waals surface area (Å²) in [5.74, 6) is 0. The van der Waals surface area contributed by atoms with Crippen LogP contribution in [0, 0.1) is 18.3 Å². The highest BCUT2D eigenvalue weighted by atomic mass is 32.2. The predicted octanol–water partition coefficient (Wildman–Crippen LogP) is 2.73. The van der Waals surface area contributed by atoms with Crippen molar-refractivity contribution < 1.29 is 8.42 Å². The number of nitrogens with zero attached hydrogens (tertiary/aromatic N) is 1. The molecule has 0 bridgehead atoms. The van der Waals surface area contributed by atoms with Gasteiger partial charge < -0.3 is 0 Å². The van der Waals surface area contributed by atoms with Gasteiger partial charge in [-0.1, -0.05) is 17.7 Å². The Hall–Kier alpha value is -1.84. The van der Waals surface area contributed by atoms with E-state index in [1.165, 1.54) is 12.1 Å². The van der Waals surface area contributed by atoms with Crippen LogP contribution in [-0.4, -0.2) is 8.42 Å². The van der Waals surface area contributed by atoms with Crippen molar-refractivity contribution in [3.63, 3.8) is 0 Å². The maximum absolute atomic E-state index is 12.0. The molecule has 6 heteroatoms. The van der Waals surface area contributed by atoms with Crippen LogP contribution in [0.15, 0.2) is 40.6 Å². The van der Waals surface area contributed by atoms with Crippen LogP contribution in [0.25, 0.3) is 0 Å². The van der Waals surface area contributed by atoms with Crippen molar-refractivity contribution in [2.24, 2.45) is 0 Å². The predicted molar refractivity (Wildman–Crippen MR) is 71.0 cm³/mol. The Morgan fingerprint density at radius 1 is 1.17 bits per heavy atom. The van der Waals surface area contributed by atoms with E-state index in [0.29, 0.717) is 10.6 Å². The summed E-state index contributed by atoms with van der Waals surface area (Å²) in [6, 6.07) is 11.9. The molecule has 0 aliphatic carbocycles. The number of thiophene rings is 1. The van der Waals surface area contributed by atoms with E-state index in [-0.39, 0.29) is 4.21 Å². The van der Waals surface area contributed by atoms with Crippen LogP contribution in [-0.2, 0) is 10.0 Å². The van der Waals surface area contributed by atoms with Gasteiger partial charge in [-0.2, -0.15) is 5.26 Å². The van der Waals surface area contributed by atoms with E-state index in [1.807, 2.05) is 25.1 Å². The lowest BCUT2D eigenvalue weighted by Gasteiger charge is -2.05. The van der Waals surface area contributed by atoms with Crippen molar-refractivity contribution >= 4 is 27.0 Å². The molecule has 18 heavy (non-hydrogen) atoms. The Labute approximate surface area is 110 Å². The van der Waals surface area contributed by atoms with Crippen molar-refractivity contribution in [2.75, 3.05) is 4.72 Å². The molecule has 0 radical (unpaired) electrons. The molecule has 0 saturated heterocycles. The first-order valence-electron chi connectivity index (χ1n) is 5.11. The maximum Gasteiger partial charge on any atom is 0.271 e. The van der Waals surface area contributed by atoms with Crippen LogP contribution in [0.2, 0.25) is 0 Å². The van der Waals surface area contributed by atoms with Gasteiger partial charge in [-0.3, -0.25) is 4.72 Å². The lowest BCUT2D eigenvalue weighted by atomic mass is 10.2. The number of hydrogen-bond donors (Lipinski definition) is 1. The lowest BCUT2D eigenvalue weighted by molar-refractivity contribution is 0.603. The smallest absolute Gasteiger partial charge is 0.271 e. The van der Waals surface area contributed by atoms with Gasteiger partial charge in [0.25, 0.3) is 10.0 Å². The molecule has 2 aromatic rings. The number of sulfonamides is 1. The SMILES string of the molecule is Cc1ccc(NS(=O)(=O)c2ccc(C#N)s2)cc1. The first kappa shape index (κ1) is 12.6. The van der Waals surface area contributed by atoms with Crippen molar-refractivity contribution in [1.82, 2.24) is 0 Å². The number of hydrogen-bond acceptors (Lipinski definition) is 4. The van der Waals surface area contributed by atoms with Crippen LogP contribution in [0.3, 0.4) is 0 Å². The molecule has 1 aromatic carbocycles. The second-order valence-corrected chi connectivity index (χ2v) is 6.70. The Morgan fingerprint density at radius 3 is 2.39 bits per heavy atom. The van der Waals surface area contributed by atoms with Crippen LogP contribution < -0.4 is 4.72 Å². The zero-order valence-electron chi connectivity index (χ0n) is 9.54. The van der Waals surface area contributed by atoms with Crippen LogP contribution in [0.4, 0.5) is 5.69 Å². The molecule has 0 saturated carbocycles. The average Bonchev–Trinajstić information content (AvgIpc) is 2.81. The van der Waals surface area contributed by atoms with Gasteiger partial charge in [0.05, 0.1) is 0 Å². The summed E-state index contributed by atoms with van der Waals surface area (Å²) in [7, 11) is -3.60. The van der Waals surface area contributed by atoms with E-state index >= 15 is 0 Å². The first-order chi connectivity index (χ1) is 8.51. The molecule has 4 nitrogen and oxygen atoms in total. The van der Waals surface area contributed by atoms with Gasteiger partial charge in [-0.25, -0.2) is 8.42 Å². The molecule has 92 valence electrons. The lowest BCUT2D eigenvalue weighted by Crippen LogP contribution is -2.11. The van der Waals surface area contributed by atoms with Gasteiger partial charge in [-0.05, 0) is 31.2 Å². The molecule has 0 aliphatic rings. The third-order valence-electron chi connectivity index (χ3n) is 2.26. The minimum atomic E-state index is -3.60. The quantitative estimate of drug-likeness (QED) is 0.938. The summed E-state index contributed by atoms with van der Waals surface area (Å²) in [5.41, 5.74) is 1.56. The highest BCUT2D eigenvalue weighted by Crippen LogP contribution is 2.23. The summed E-state index contributed by atoms with van der Waals surface area (Å²) in [6.45, 7) is 1.93. The molecule has 0 fully saturated rings. The Bertz CT molecular complexity index is 694. The Kier molecular flexibility index (Phi) is 3.36. The van der Waals surface area contributed by atoms with Gasteiger partial charge in [-0.15, -0.1) is 11.3 Å². The van der Waals surface area contributed by atoms with Crippen molar-refractivity contribution in [3.05, 3.63) is 46.8 Å². The van der Waals surface area contributed by atoms with Gasteiger partial charge in [0.1, 0.15) is 15.2 Å². The number of aryl methyl sites for hydroxylation is 1. The summed E-state index contributed by atoms with van der Waals surface area (Å²) in [4.78, 5) is 0.374. The average molecular weight is 278 g/mol. The minimum Gasteiger partial charge on any atom is -0.279 e. The monoisotopic (exact) mass is 278 g/mol. The van der Waals surface area contributed by atoms with E-state index in [2.05, 4.69) is 4.72 Å². The second-order valence-electron chi connectivity index (χ2n) is 3.70. The zero-order valence-corrected chi connectivity index (χ0v) is 11.2. The van der Waals surface area contributed by atoms with E-state index in [9.17, 15) is 8.42 Å². The van der Waals surface area contributed by atoms with Crippen LogP contribution >= 0.6 is 11.3 Å². The number of anilines is 1. The first-order valence-corrected chi connectivity index (χ1v) is 7.41. The molecule has 0 amide bonds. The summed E-state index contributed by atoms with van der Waals surface area (Å²) >= 11 is 0.951. The normalized spacial score (nSPS) is 10.9. The molecular formula is C12H10N2O2S2. The van der Waals surface area contributed by atoms with Crippen LogP contribution in [0.5, 0.6) is 0 Å². The van der Waals surface area contributed by atoms with Gasteiger partial charge in [0, 0.05) is 5.69 Å². The number of nitrogens with one attached hydrogen (secondary N) is 1. The fourth-order valence-electron chi connectivity index (χ4n) is 1.35. The molecule has 0 spiro atoms. The minimum absolute atomic E-state index is 0.139. The highest BCUT2D eigenvalue weighted by molar-refractivity contribution is 7.94. The molecule has 1 aromatic heterocycles. The third-order valence-corrected chi connectivity index (χ3v) is 5.12. The maximum atomic E-state index is 12.0. The van der Waals surface area contributed by atoms with Gasteiger partial charge >= 0.3 is 0 Å². The second kappa shape index (κ2) is 4.80. The zero-order chi connectivity index (χ0) is 13.2. The van der Waals surface area contributed by atoms with Crippen molar-refractivity contribution in [2.45, 2.75) is 11.1 Å². The fraction of sp³-hybridized carbons (Fsp3) is 0.0833. The fourth-order valence-corrected chi connectivity index (χ4v) is 3.51. The number of nitriles is 1. The molecule has 1 N–H and O–H groups in total. The third kappa shape index (κ3) is 2.70. The van der Waals surface area contributed by atoms with Gasteiger partial charge in [0.15, 0.2) is 0 Å². The summed E-state index contributed by atoms with van der Waals surface area (Å²) in [5, 5.41) is 8.68. The summed E-state index contributed by atoms with van der Waals surface area (Å²) in [6.07, 6.45) is 0. The molecule has 1 heterocycles. The van der Waals surface area contributed by atoms with Crippen molar-refractivity contribution in [3.8, 4) is 6.07 Å². The van der Waals surface area contributed by atoms with Crippen LogP contribution in [0.1, 0.15) is 10.4 Å². The van der Waals surface area contributed by atoms with Crippen molar-refractivity contribution in [1.29, 1.82) is 5.26 Å². The highest BCUT2D eigenvalue weighted by Gasteiger charge is 2.16. The molecular weight excluding hydrogens is 268 g/mol.